The van der Waals surface area contributed by atoms with Gasteiger partial charge in [-0.2, -0.15) is 0 Å². The number of rotatable bonds is 4. The predicted octanol–water partition coefficient (Wildman–Crippen LogP) is 1.61. The van der Waals surface area contributed by atoms with Gasteiger partial charge < -0.3 is 10.3 Å². The largest absolute Gasteiger partial charge is 0.329 e. The SMILES string of the molecule is Cc1c(Cn2ccnc2CN)cccc1[N+](=O)[O-]. The van der Waals surface area contributed by atoms with Crippen molar-refractivity contribution < 1.29 is 4.92 Å². The number of nitro groups is 1. The molecule has 18 heavy (non-hydrogen) atoms. The van der Waals surface area contributed by atoms with E-state index in [1.54, 1.807) is 19.2 Å². The number of aromatic nitrogens is 2. The van der Waals surface area contributed by atoms with Gasteiger partial charge in [0.25, 0.3) is 5.69 Å². The lowest BCUT2D eigenvalue weighted by Gasteiger charge is -2.09. The summed E-state index contributed by atoms with van der Waals surface area (Å²) in [6, 6.07) is 5.08. The number of nitrogens with zero attached hydrogens (tertiary/aromatic N) is 3. The lowest BCUT2D eigenvalue weighted by molar-refractivity contribution is -0.385. The molecule has 0 atom stereocenters. The molecule has 0 aliphatic rings. The predicted molar refractivity (Wildman–Crippen MR) is 67.1 cm³/mol. The van der Waals surface area contributed by atoms with E-state index in [0.29, 0.717) is 18.7 Å². The summed E-state index contributed by atoms with van der Waals surface area (Å²) in [5, 5.41) is 10.9. The van der Waals surface area contributed by atoms with Crippen molar-refractivity contribution in [2.24, 2.45) is 5.73 Å². The van der Waals surface area contributed by atoms with Gasteiger partial charge in [-0.3, -0.25) is 10.1 Å². The summed E-state index contributed by atoms with van der Waals surface area (Å²) < 4.78 is 1.89. The Hall–Kier alpha value is -2.21. The minimum absolute atomic E-state index is 0.141. The van der Waals surface area contributed by atoms with Crippen LogP contribution in [0.3, 0.4) is 0 Å². The van der Waals surface area contributed by atoms with Gasteiger partial charge in [-0.05, 0) is 12.5 Å². The molecule has 0 unspecified atom stereocenters. The van der Waals surface area contributed by atoms with Crippen LogP contribution in [0.5, 0.6) is 0 Å². The standard InChI is InChI=1S/C12H14N4O2/c1-9-10(3-2-4-11(9)16(17)18)8-15-6-5-14-12(15)7-13/h2-6H,7-8,13H2,1H3. The molecule has 6 nitrogen and oxygen atoms in total. The van der Waals surface area contributed by atoms with Gasteiger partial charge in [0, 0.05) is 30.6 Å². The molecule has 0 saturated carbocycles. The van der Waals surface area contributed by atoms with Gasteiger partial charge in [0.2, 0.25) is 0 Å². The van der Waals surface area contributed by atoms with E-state index in [1.165, 1.54) is 6.07 Å². The Balaban J connectivity index is 2.35. The van der Waals surface area contributed by atoms with E-state index in [9.17, 15) is 10.1 Å². The Bertz CT molecular complexity index is 577. The van der Waals surface area contributed by atoms with Crippen LogP contribution in [0.15, 0.2) is 30.6 Å². The summed E-state index contributed by atoms with van der Waals surface area (Å²) in [5.74, 6) is 0.765. The molecule has 0 spiro atoms. The molecule has 1 aromatic carbocycles. The van der Waals surface area contributed by atoms with Gasteiger partial charge in [-0.15, -0.1) is 0 Å². The molecule has 0 bridgehead atoms. The maximum Gasteiger partial charge on any atom is 0.272 e. The molecule has 0 saturated heterocycles. The van der Waals surface area contributed by atoms with Gasteiger partial charge in [0.15, 0.2) is 0 Å². The Morgan fingerprint density at radius 2 is 2.28 bits per heavy atom. The maximum atomic E-state index is 10.9. The highest BCUT2D eigenvalue weighted by Gasteiger charge is 2.13. The number of imidazole rings is 1. The van der Waals surface area contributed by atoms with E-state index in [1.807, 2.05) is 16.8 Å². The first-order valence-corrected chi connectivity index (χ1v) is 5.56. The molecule has 1 aromatic heterocycles. The van der Waals surface area contributed by atoms with E-state index in [-0.39, 0.29) is 10.6 Å². The molecular weight excluding hydrogens is 232 g/mol. The van der Waals surface area contributed by atoms with Gasteiger partial charge in [-0.25, -0.2) is 4.98 Å². The van der Waals surface area contributed by atoms with E-state index >= 15 is 0 Å². The van der Waals surface area contributed by atoms with Gasteiger partial charge in [0.1, 0.15) is 5.82 Å². The lowest BCUT2D eigenvalue weighted by Crippen LogP contribution is -2.10. The second-order valence-corrected chi connectivity index (χ2v) is 3.99. The zero-order valence-electron chi connectivity index (χ0n) is 10.0. The van der Waals surface area contributed by atoms with Gasteiger partial charge >= 0.3 is 0 Å². The average Bonchev–Trinajstić information content (AvgIpc) is 2.78. The zero-order chi connectivity index (χ0) is 13.1. The van der Waals surface area contributed by atoms with Crippen LogP contribution in [-0.2, 0) is 13.1 Å². The van der Waals surface area contributed by atoms with Crippen molar-refractivity contribution >= 4 is 5.69 Å². The fourth-order valence-corrected chi connectivity index (χ4v) is 1.90. The normalized spacial score (nSPS) is 10.6. The Labute approximate surface area is 104 Å². The highest BCUT2D eigenvalue weighted by Crippen LogP contribution is 2.22. The molecule has 0 radical (unpaired) electrons. The van der Waals surface area contributed by atoms with Crippen LogP contribution in [0.1, 0.15) is 17.0 Å². The fourth-order valence-electron chi connectivity index (χ4n) is 1.90. The van der Waals surface area contributed by atoms with Crippen molar-refractivity contribution in [3.63, 3.8) is 0 Å². The van der Waals surface area contributed by atoms with Crippen molar-refractivity contribution in [1.29, 1.82) is 0 Å². The third kappa shape index (κ3) is 2.23. The summed E-state index contributed by atoms with van der Waals surface area (Å²) in [6.07, 6.45) is 3.50. The summed E-state index contributed by atoms with van der Waals surface area (Å²) >= 11 is 0. The van der Waals surface area contributed by atoms with E-state index in [4.69, 9.17) is 5.73 Å². The molecule has 0 fully saturated rings. The zero-order valence-corrected chi connectivity index (χ0v) is 10.0. The Kier molecular flexibility index (Phi) is 3.38. The molecule has 2 aromatic rings. The number of hydrogen-bond acceptors (Lipinski definition) is 4. The smallest absolute Gasteiger partial charge is 0.272 e. The molecule has 2 rings (SSSR count). The summed E-state index contributed by atoms with van der Waals surface area (Å²) in [7, 11) is 0. The Morgan fingerprint density at radius 3 is 2.94 bits per heavy atom. The van der Waals surface area contributed by atoms with Crippen molar-refractivity contribution in [2.75, 3.05) is 0 Å². The van der Waals surface area contributed by atoms with Crippen molar-refractivity contribution in [1.82, 2.24) is 9.55 Å². The van der Waals surface area contributed by atoms with Crippen LogP contribution in [0.25, 0.3) is 0 Å². The highest BCUT2D eigenvalue weighted by atomic mass is 16.6. The van der Waals surface area contributed by atoms with Crippen molar-refractivity contribution in [2.45, 2.75) is 20.0 Å². The van der Waals surface area contributed by atoms with Crippen LogP contribution >= 0.6 is 0 Å². The monoisotopic (exact) mass is 246 g/mol. The third-order valence-electron chi connectivity index (χ3n) is 2.94. The molecule has 2 N–H and O–H groups in total. The van der Waals surface area contributed by atoms with Crippen LogP contribution < -0.4 is 5.73 Å². The van der Waals surface area contributed by atoms with Crippen LogP contribution in [0.4, 0.5) is 5.69 Å². The molecule has 6 heteroatoms. The lowest BCUT2D eigenvalue weighted by atomic mass is 10.1. The minimum Gasteiger partial charge on any atom is -0.329 e. The molecule has 94 valence electrons. The highest BCUT2D eigenvalue weighted by molar-refractivity contribution is 5.44. The van der Waals surface area contributed by atoms with Gasteiger partial charge in [-0.1, -0.05) is 12.1 Å². The number of nitrogens with two attached hydrogens (primary N) is 1. The second-order valence-electron chi connectivity index (χ2n) is 3.99. The maximum absolute atomic E-state index is 10.9. The summed E-state index contributed by atoms with van der Waals surface area (Å²) in [5.41, 5.74) is 7.29. The molecule has 0 amide bonds. The van der Waals surface area contributed by atoms with E-state index < -0.39 is 0 Å². The van der Waals surface area contributed by atoms with Crippen LogP contribution in [0, 0.1) is 17.0 Å². The minimum atomic E-state index is -0.364. The molecular formula is C12H14N4O2. The van der Waals surface area contributed by atoms with Crippen LogP contribution in [-0.4, -0.2) is 14.5 Å². The van der Waals surface area contributed by atoms with E-state index in [0.717, 1.165) is 11.4 Å². The topological polar surface area (TPSA) is 87.0 Å². The number of nitro benzene ring substituents is 1. The second kappa shape index (κ2) is 4.97. The quantitative estimate of drug-likeness (QED) is 0.655. The molecule has 0 aliphatic carbocycles. The van der Waals surface area contributed by atoms with E-state index in [2.05, 4.69) is 4.98 Å². The first kappa shape index (κ1) is 12.3. The Morgan fingerprint density at radius 1 is 1.50 bits per heavy atom. The average molecular weight is 246 g/mol. The van der Waals surface area contributed by atoms with Crippen LogP contribution in [0.2, 0.25) is 0 Å². The molecule has 1 heterocycles. The first-order valence-electron chi connectivity index (χ1n) is 5.56. The van der Waals surface area contributed by atoms with Crippen molar-refractivity contribution in [3.8, 4) is 0 Å². The van der Waals surface area contributed by atoms with Gasteiger partial charge in [0.05, 0.1) is 11.5 Å². The third-order valence-corrected chi connectivity index (χ3v) is 2.94. The summed E-state index contributed by atoms with van der Waals surface area (Å²) in [4.78, 5) is 14.6. The van der Waals surface area contributed by atoms with Crippen molar-refractivity contribution in [3.05, 3.63) is 57.7 Å². The first-order chi connectivity index (χ1) is 8.63. The number of benzene rings is 1. The summed E-state index contributed by atoms with van der Waals surface area (Å²) in [6.45, 7) is 2.65. The fraction of sp³-hybridized carbons (Fsp3) is 0.250. The number of hydrogen-bond donors (Lipinski definition) is 1. The molecule has 0 aliphatic heterocycles.